The highest BCUT2D eigenvalue weighted by molar-refractivity contribution is 6.08. The Bertz CT molecular complexity index is 1380. The number of rotatable bonds is 5. The minimum Gasteiger partial charge on any atom is -0.493 e. The molecule has 196 valence electrons. The van der Waals surface area contributed by atoms with Crippen LogP contribution in [-0.2, 0) is 30.5 Å². The third-order valence-corrected chi connectivity index (χ3v) is 6.08. The molecule has 2 aromatic rings. The Balaban J connectivity index is 2.11. The Morgan fingerprint density at radius 2 is 1.30 bits per heavy atom. The first-order chi connectivity index (χ1) is 17.3. The first-order valence-electron chi connectivity index (χ1n) is 11.2. The second-order valence-corrected chi connectivity index (χ2v) is 8.88. The lowest BCUT2D eigenvalue weighted by molar-refractivity contribution is -0.255. The molecule has 0 radical (unpaired) electrons. The Kier molecular flexibility index (Phi) is 6.15. The van der Waals surface area contributed by atoms with E-state index < -0.39 is 35.1 Å². The number of hydrogen-bond acceptors (Lipinski definition) is 11. The fourth-order valence-electron chi connectivity index (χ4n) is 4.88. The van der Waals surface area contributed by atoms with E-state index in [4.69, 9.17) is 33.2 Å². The molecule has 0 saturated carbocycles. The van der Waals surface area contributed by atoms with E-state index in [2.05, 4.69) is 0 Å². The molecule has 0 N–H and O–H groups in total. The van der Waals surface area contributed by atoms with Crippen LogP contribution in [0.1, 0.15) is 61.7 Å². The van der Waals surface area contributed by atoms with Crippen molar-refractivity contribution in [2.75, 3.05) is 14.2 Å². The predicted octanol–water partition coefficient (Wildman–Crippen LogP) is 3.48. The molecule has 2 heterocycles. The van der Waals surface area contributed by atoms with E-state index in [0.29, 0.717) is 11.1 Å². The van der Waals surface area contributed by atoms with Gasteiger partial charge in [-0.05, 0) is 31.5 Å². The van der Waals surface area contributed by atoms with Gasteiger partial charge in [-0.3, -0.25) is 19.2 Å². The molecule has 0 spiro atoms. The van der Waals surface area contributed by atoms with E-state index in [1.807, 2.05) is 0 Å². The number of methoxy groups -OCH3 is 2. The van der Waals surface area contributed by atoms with Crippen molar-refractivity contribution < 1.29 is 52.3 Å². The molecule has 0 fully saturated rings. The minimum atomic E-state index is -1.79. The molecule has 4 rings (SSSR count). The number of carbonyl (C=O) groups excluding carboxylic acids is 4. The van der Waals surface area contributed by atoms with Gasteiger partial charge >= 0.3 is 17.9 Å². The topological polar surface area (TPSA) is 133 Å². The second-order valence-electron chi connectivity index (χ2n) is 8.88. The SMILES string of the molecule is COc1cc2c(c(OC(C)=O)c1OC(C)=O)[C@]1(C)Oc3c(OC(C)=O)c(OC)cc(C)c3[C@@](C)(O1)C2=O. The van der Waals surface area contributed by atoms with Gasteiger partial charge in [0.15, 0.2) is 34.4 Å². The van der Waals surface area contributed by atoms with E-state index in [-0.39, 0.29) is 45.6 Å². The summed E-state index contributed by atoms with van der Waals surface area (Å²) in [6, 6.07) is 2.98. The van der Waals surface area contributed by atoms with Crippen molar-refractivity contribution in [3.05, 3.63) is 34.4 Å². The van der Waals surface area contributed by atoms with Gasteiger partial charge in [-0.25, -0.2) is 0 Å². The van der Waals surface area contributed by atoms with Gasteiger partial charge in [0, 0.05) is 38.8 Å². The van der Waals surface area contributed by atoms with Crippen LogP contribution in [0.5, 0.6) is 34.5 Å². The third-order valence-electron chi connectivity index (χ3n) is 6.08. The summed E-state index contributed by atoms with van der Waals surface area (Å²) in [4.78, 5) is 50.1. The zero-order chi connectivity index (χ0) is 27.4. The molecule has 2 aliphatic rings. The Morgan fingerprint density at radius 3 is 1.84 bits per heavy atom. The average Bonchev–Trinajstić information content (AvgIpc) is 2.78. The standard InChI is InChI=1S/C26H26O11/c1-11-9-16(31-7)21(34-13(3)28)23-18(11)25(5)24(30)15-10-17(32-8)20(33-12(2)27)22(35-14(4)29)19(15)26(6,36-23)37-25/h9-10H,1-8H3/t25-,26-/m1/s1. The van der Waals surface area contributed by atoms with Crippen molar-refractivity contribution in [3.63, 3.8) is 0 Å². The summed E-state index contributed by atoms with van der Waals surface area (Å²) in [6.45, 7) is 8.31. The van der Waals surface area contributed by atoms with Crippen LogP contribution in [0.15, 0.2) is 12.1 Å². The van der Waals surface area contributed by atoms with Gasteiger partial charge in [-0.2, -0.15) is 0 Å². The van der Waals surface area contributed by atoms with E-state index in [1.165, 1.54) is 34.1 Å². The lowest BCUT2D eigenvalue weighted by Crippen LogP contribution is -2.55. The number of aryl methyl sites for hydroxylation is 1. The molecule has 11 nitrogen and oxygen atoms in total. The molecule has 2 aromatic carbocycles. The van der Waals surface area contributed by atoms with Gasteiger partial charge in [0.25, 0.3) is 0 Å². The summed E-state index contributed by atoms with van der Waals surface area (Å²) in [5, 5.41) is 0. The van der Waals surface area contributed by atoms with E-state index in [1.54, 1.807) is 19.9 Å². The molecule has 0 saturated heterocycles. The quantitative estimate of drug-likeness (QED) is 0.429. The summed E-state index contributed by atoms with van der Waals surface area (Å²) in [6.07, 6.45) is 0. The molecule has 0 aromatic heterocycles. The monoisotopic (exact) mass is 514 g/mol. The van der Waals surface area contributed by atoms with Gasteiger partial charge in [0.1, 0.15) is 0 Å². The molecule has 2 aliphatic heterocycles. The third kappa shape index (κ3) is 3.95. The Hall–Kier alpha value is -4.12. The fraction of sp³-hybridized carbons (Fsp3) is 0.385. The van der Waals surface area contributed by atoms with Gasteiger partial charge in [0.05, 0.1) is 19.8 Å². The molecule has 11 heteroatoms. The second kappa shape index (κ2) is 8.77. The zero-order valence-corrected chi connectivity index (χ0v) is 21.6. The van der Waals surface area contributed by atoms with Crippen molar-refractivity contribution in [2.45, 2.75) is 52.9 Å². The first kappa shape index (κ1) is 26.0. The zero-order valence-electron chi connectivity index (χ0n) is 21.6. The Labute approximate surface area is 212 Å². The first-order valence-corrected chi connectivity index (χ1v) is 11.2. The molecule has 2 atom stereocenters. The summed E-state index contributed by atoms with van der Waals surface area (Å²) < 4.78 is 39.7. The van der Waals surface area contributed by atoms with Crippen LogP contribution in [0.2, 0.25) is 0 Å². The van der Waals surface area contributed by atoms with Crippen LogP contribution in [0.3, 0.4) is 0 Å². The average molecular weight is 514 g/mol. The van der Waals surface area contributed by atoms with Crippen molar-refractivity contribution >= 4 is 23.7 Å². The van der Waals surface area contributed by atoms with Gasteiger partial charge < -0.3 is 33.2 Å². The molecule has 37 heavy (non-hydrogen) atoms. The highest BCUT2D eigenvalue weighted by atomic mass is 16.7. The van der Waals surface area contributed by atoms with Crippen molar-refractivity contribution in [1.82, 2.24) is 0 Å². The van der Waals surface area contributed by atoms with Crippen LogP contribution in [0, 0.1) is 6.92 Å². The highest BCUT2D eigenvalue weighted by Gasteiger charge is 2.60. The van der Waals surface area contributed by atoms with Crippen LogP contribution in [0.4, 0.5) is 0 Å². The number of ether oxygens (including phenoxy) is 7. The number of hydrogen-bond donors (Lipinski definition) is 0. The smallest absolute Gasteiger partial charge is 0.308 e. The molecular weight excluding hydrogens is 488 g/mol. The molecule has 0 unspecified atom stereocenters. The number of esters is 3. The van der Waals surface area contributed by atoms with Crippen LogP contribution >= 0.6 is 0 Å². The summed E-state index contributed by atoms with van der Waals surface area (Å²) in [7, 11) is 2.71. The van der Waals surface area contributed by atoms with E-state index >= 15 is 0 Å². The molecular formula is C26H26O11. The predicted molar refractivity (Wildman–Crippen MR) is 125 cm³/mol. The fourth-order valence-corrected chi connectivity index (χ4v) is 4.88. The number of Topliss-reactive ketones (excluding diaryl/α,β-unsaturated/α-hetero) is 1. The molecule has 0 aliphatic carbocycles. The number of benzene rings is 2. The maximum absolute atomic E-state index is 14.1. The summed E-state index contributed by atoms with van der Waals surface area (Å²) in [5.41, 5.74) is -0.665. The Morgan fingerprint density at radius 1 is 0.784 bits per heavy atom. The molecule has 0 amide bonds. The van der Waals surface area contributed by atoms with Gasteiger partial charge in [0.2, 0.25) is 17.3 Å². The van der Waals surface area contributed by atoms with Crippen molar-refractivity contribution in [2.24, 2.45) is 0 Å². The van der Waals surface area contributed by atoms with Crippen LogP contribution in [0.25, 0.3) is 0 Å². The van der Waals surface area contributed by atoms with E-state index in [9.17, 15) is 19.2 Å². The normalized spacial score (nSPS) is 21.1. The number of carbonyl (C=O) groups is 4. The lowest BCUT2D eigenvalue weighted by Gasteiger charge is -2.50. The summed E-state index contributed by atoms with van der Waals surface area (Å²) in [5.74, 6) is -4.78. The summed E-state index contributed by atoms with van der Waals surface area (Å²) >= 11 is 0. The number of ketones is 1. The highest BCUT2D eigenvalue weighted by Crippen LogP contribution is 2.61. The maximum atomic E-state index is 14.1. The van der Waals surface area contributed by atoms with Gasteiger partial charge in [-0.15, -0.1) is 0 Å². The molecule has 2 bridgehead atoms. The maximum Gasteiger partial charge on any atom is 0.308 e. The van der Waals surface area contributed by atoms with E-state index in [0.717, 1.165) is 13.8 Å². The lowest BCUT2D eigenvalue weighted by atomic mass is 9.76. The van der Waals surface area contributed by atoms with Crippen molar-refractivity contribution in [3.8, 4) is 34.5 Å². The van der Waals surface area contributed by atoms with Crippen LogP contribution in [-0.4, -0.2) is 37.9 Å². The van der Waals surface area contributed by atoms with Crippen LogP contribution < -0.4 is 28.4 Å². The van der Waals surface area contributed by atoms with Gasteiger partial charge in [-0.1, -0.05) is 0 Å². The largest absolute Gasteiger partial charge is 0.493 e. The number of fused-ring (bicyclic) bond motifs is 6. The van der Waals surface area contributed by atoms with Crippen molar-refractivity contribution in [1.29, 1.82) is 0 Å². The minimum absolute atomic E-state index is 0.0119.